The maximum atomic E-state index is 11.9. The molecule has 0 fully saturated rings. The summed E-state index contributed by atoms with van der Waals surface area (Å²) in [6, 6.07) is 3.37. The molecule has 2 N–H and O–H groups in total. The Morgan fingerprint density at radius 1 is 1.53 bits per heavy atom. The van der Waals surface area contributed by atoms with Gasteiger partial charge in [-0.3, -0.25) is 0 Å². The van der Waals surface area contributed by atoms with Gasteiger partial charge in [-0.15, -0.1) is 0 Å². The van der Waals surface area contributed by atoms with E-state index in [1.54, 1.807) is 18.3 Å². The molecule has 0 atom stereocenters. The Morgan fingerprint density at radius 2 is 2.26 bits per heavy atom. The van der Waals surface area contributed by atoms with E-state index in [-0.39, 0.29) is 19.7 Å². The molecule has 19 heavy (non-hydrogen) atoms. The molecule has 7 nitrogen and oxygen atoms in total. The normalized spacial score (nSPS) is 11.8. The predicted octanol–water partition coefficient (Wildman–Crippen LogP) is -0.261. The minimum Gasteiger partial charge on any atom is -0.481 e. The molecule has 0 amide bonds. The number of rotatable bonds is 8. The van der Waals surface area contributed by atoms with E-state index in [1.807, 2.05) is 0 Å². The van der Waals surface area contributed by atoms with E-state index in [9.17, 15) is 8.42 Å². The second kappa shape index (κ2) is 7.39. The molecule has 0 aliphatic rings. The SMILES string of the molecule is COc1cc(CNS(=O)(=O)N(C)CCCO)ccn1. The van der Waals surface area contributed by atoms with Crippen LogP contribution in [0.15, 0.2) is 18.3 Å². The maximum absolute atomic E-state index is 11.9. The van der Waals surface area contributed by atoms with Crippen LogP contribution in [0.2, 0.25) is 0 Å². The highest BCUT2D eigenvalue weighted by molar-refractivity contribution is 7.87. The fourth-order valence-corrected chi connectivity index (χ4v) is 2.31. The van der Waals surface area contributed by atoms with Crippen molar-refractivity contribution in [3.63, 3.8) is 0 Å². The number of pyridine rings is 1. The van der Waals surface area contributed by atoms with Crippen molar-refractivity contribution in [2.45, 2.75) is 13.0 Å². The zero-order valence-corrected chi connectivity index (χ0v) is 11.9. The number of hydrogen-bond acceptors (Lipinski definition) is 5. The molecule has 8 heteroatoms. The van der Waals surface area contributed by atoms with Gasteiger partial charge in [0.25, 0.3) is 10.2 Å². The van der Waals surface area contributed by atoms with Crippen LogP contribution in [0.5, 0.6) is 5.88 Å². The Hall–Kier alpha value is -1.22. The van der Waals surface area contributed by atoms with Gasteiger partial charge in [0.15, 0.2) is 0 Å². The first-order chi connectivity index (χ1) is 8.99. The molecule has 1 heterocycles. The molecule has 0 spiro atoms. The van der Waals surface area contributed by atoms with Crippen molar-refractivity contribution in [1.29, 1.82) is 0 Å². The number of aliphatic hydroxyl groups excluding tert-OH is 1. The standard InChI is InChI=1S/C11H19N3O4S/c1-14(6-3-7-15)19(16,17)13-9-10-4-5-12-11(8-10)18-2/h4-5,8,13,15H,3,6-7,9H2,1-2H3. The van der Waals surface area contributed by atoms with Gasteiger partial charge >= 0.3 is 0 Å². The second-order valence-corrected chi connectivity index (χ2v) is 5.79. The van der Waals surface area contributed by atoms with E-state index in [0.29, 0.717) is 12.3 Å². The van der Waals surface area contributed by atoms with E-state index in [2.05, 4.69) is 9.71 Å². The first-order valence-corrected chi connectivity index (χ1v) is 7.24. The summed E-state index contributed by atoms with van der Waals surface area (Å²) in [5, 5.41) is 8.68. The number of methoxy groups -OCH3 is 1. The lowest BCUT2D eigenvalue weighted by molar-refractivity contribution is 0.275. The highest BCUT2D eigenvalue weighted by atomic mass is 32.2. The average molecular weight is 289 g/mol. The Balaban J connectivity index is 2.59. The van der Waals surface area contributed by atoms with Gasteiger partial charge in [0.05, 0.1) is 7.11 Å². The third-order valence-corrected chi connectivity index (χ3v) is 4.02. The topological polar surface area (TPSA) is 91.8 Å². The molecule has 1 aromatic heterocycles. The molecular formula is C11H19N3O4S. The molecule has 0 saturated heterocycles. The van der Waals surface area contributed by atoms with Gasteiger partial charge in [-0.2, -0.15) is 17.4 Å². The summed E-state index contributed by atoms with van der Waals surface area (Å²) in [5.74, 6) is 0.435. The Kier molecular flexibility index (Phi) is 6.16. The minimum atomic E-state index is -3.54. The molecule has 0 aliphatic carbocycles. The van der Waals surface area contributed by atoms with Crippen molar-refractivity contribution in [3.8, 4) is 5.88 Å². The van der Waals surface area contributed by atoms with Gasteiger partial charge in [-0.05, 0) is 18.1 Å². The van der Waals surface area contributed by atoms with E-state index >= 15 is 0 Å². The lowest BCUT2D eigenvalue weighted by atomic mass is 10.3. The van der Waals surface area contributed by atoms with Gasteiger partial charge in [0, 0.05) is 39.0 Å². The third kappa shape index (κ3) is 5.11. The monoisotopic (exact) mass is 289 g/mol. The van der Waals surface area contributed by atoms with Crippen LogP contribution < -0.4 is 9.46 Å². The summed E-state index contributed by atoms with van der Waals surface area (Å²) in [6.45, 7) is 0.386. The molecule has 0 unspecified atom stereocenters. The van der Waals surface area contributed by atoms with Crippen molar-refractivity contribution in [3.05, 3.63) is 23.9 Å². The van der Waals surface area contributed by atoms with Crippen molar-refractivity contribution < 1.29 is 18.3 Å². The van der Waals surface area contributed by atoms with Gasteiger partial charge in [0.1, 0.15) is 0 Å². The molecule has 1 rings (SSSR count). The van der Waals surface area contributed by atoms with Crippen molar-refractivity contribution in [1.82, 2.24) is 14.0 Å². The summed E-state index contributed by atoms with van der Waals surface area (Å²) in [4.78, 5) is 3.94. The zero-order valence-electron chi connectivity index (χ0n) is 11.0. The number of nitrogens with one attached hydrogen (secondary N) is 1. The second-order valence-electron chi connectivity index (χ2n) is 3.93. The summed E-state index contributed by atoms with van der Waals surface area (Å²) >= 11 is 0. The summed E-state index contributed by atoms with van der Waals surface area (Å²) in [5.41, 5.74) is 0.756. The number of ether oxygens (including phenoxy) is 1. The van der Waals surface area contributed by atoms with Crippen LogP contribution in [0.3, 0.4) is 0 Å². The van der Waals surface area contributed by atoms with Crippen molar-refractivity contribution in [2.75, 3.05) is 27.3 Å². The first-order valence-electron chi connectivity index (χ1n) is 5.80. The Morgan fingerprint density at radius 3 is 2.89 bits per heavy atom. The van der Waals surface area contributed by atoms with Crippen LogP contribution in [0.1, 0.15) is 12.0 Å². The molecule has 108 valence electrons. The van der Waals surface area contributed by atoms with Crippen molar-refractivity contribution >= 4 is 10.2 Å². The minimum absolute atomic E-state index is 0.0403. The molecule has 0 bridgehead atoms. The van der Waals surface area contributed by atoms with Crippen LogP contribution >= 0.6 is 0 Å². The molecule has 0 aliphatic heterocycles. The predicted molar refractivity (Wildman–Crippen MR) is 70.9 cm³/mol. The van der Waals surface area contributed by atoms with E-state index in [1.165, 1.54) is 18.5 Å². The number of aliphatic hydroxyl groups is 1. The van der Waals surface area contributed by atoms with Crippen molar-refractivity contribution in [2.24, 2.45) is 0 Å². The molecule has 1 aromatic rings. The highest BCUT2D eigenvalue weighted by Gasteiger charge is 2.16. The Labute approximate surface area is 113 Å². The smallest absolute Gasteiger partial charge is 0.279 e. The molecule has 0 radical (unpaired) electrons. The molecule has 0 aromatic carbocycles. The summed E-state index contributed by atoms with van der Waals surface area (Å²) < 4.78 is 32.3. The average Bonchev–Trinajstić information content (AvgIpc) is 2.42. The molecule has 0 saturated carbocycles. The summed E-state index contributed by atoms with van der Waals surface area (Å²) in [6.07, 6.45) is 1.96. The van der Waals surface area contributed by atoms with E-state index in [4.69, 9.17) is 9.84 Å². The van der Waals surface area contributed by atoms with Crippen LogP contribution in [0.4, 0.5) is 0 Å². The quantitative estimate of drug-likeness (QED) is 0.688. The van der Waals surface area contributed by atoms with Gasteiger partial charge in [0.2, 0.25) is 5.88 Å². The van der Waals surface area contributed by atoms with Crippen LogP contribution in [-0.2, 0) is 16.8 Å². The lowest BCUT2D eigenvalue weighted by Crippen LogP contribution is -2.38. The lowest BCUT2D eigenvalue weighted by Gasteiger charge is -2.17. The van der Waals surface area contributed by atoms with Crippen LogP contribution in [0, 0.1) is 0 Å². The fourth-order valence-electron chi connectivity index (χ4n) is 1.37. The number of hydrogen-bond donors (Lipinski definition) is 2. The summed E-state index contributed by atoms with van der Waals surface area (Å²) in [7, 11) is -0.577. The largest absolute Gasteiger partial charge is 0.481 e. The van der Waals surface area contributed by atoms with Crippen LogP contribution in [-0.4, -0.2) is 50.1 Å². The number of nitrogens with zero attached hydrogens (tertiary/aromatic N) is 2. The van der Waals surface area contributed by atoms with Gasteiger partial charge < -0.3 is 9.84 Å². The Bertz CT molecular complexity index is 492. The maximum Gasteiger partial charge on any atom is 0.279 e. The molecular weight excluding hydrogens is 270 g/mol. The third-order valence-electron chi connectivity index (χ3n) is 2.51. The number of aromatic nitrogens is 1. The van der Waals surface area contributed by atoms with E-state index < -0.39 is 10.2 Å². The first kappa shape index (κ1) is 15.8. The fraction of sp³-hybridized carbons (Fsp3) is 0.545. The van der Waals surface area contributed by atoms with Gasteiger partial charge in [-0.1, -0.05) is 0 Å². The van der Waals surface area contributed by atoms with Gasteiger partial charge in [-0.25, -0.2) is 4.98 Å². The highest BCUT2D eigenvalue weighted by Crippen LogP contribution is 2.08. The van der Waals surface area contributed by atoms with Crippen LogP contribution in [0.25, 0.3) is 0 Å². The zero-order chi connectivity index (χ0) is 14.3. The van der Waals surface area contributed by atoms with E-state index in [0.717, 1.165) is 5.56 Å².